The van der Waals surface area contributed by atoms with E-state index in [1.54, 1.807) is 26.0 Å². The second-order valence-electron chi connectivity index (χ2n) is 21.2. The zero-order valence-corrected chi connectivity index (χ0v) is 50.0. The van der Waals surface area contributed by atoms with E-state index in [0.717, 1.165) is 51.4 Å². The third-order valence-corrected chi connectivity index (χ3v) is 14.0. The Hall–Kier alpha value is -6.44. The highest BCUT2D eigenvalue weighted by Crippen LogP contribution is 2.25. The first kappa shape index (κ1) is 75.6. The Morgan fingerprint density at radius 3 is 1.50 bits per heavy atom. The number of ketones is 1. The average molecular weight is 1190 g/mol. The minimum absolute atomic E-state index is 0.0475. The number of carboxylic acid groups (broad SMARTS) is 2. The van der Waals surface area contributed by atoms with Gasteiger partial charge in [-0.05, 0) is 62.6 Å². The topological polar surface area (TPSA) is 399 Å². The van der Waals surface area contributed by atoms with Crippen molar-refractivity contribution in [3.8, 4) is 5.75 Å². The smallest absolute Gasteiger partial charge is 0.326 e. The van der Waals surface area contributed by atoms with Gasteiger partial charge in [0.05, 0.1) is 39.6 Å². The van der Waals surface area contributed by atoms with Gasteiger partial charge in [0, 0.05) is 69.6 Å². The lowest BCUT2D eigenvalue weighted by atomic mass is 9.80. The normalized spacial score (nSPS) is 12.9. The zero-order chi connectivity index (χ0) is 62.2. The summed E-state index contributed by atoms with van der Waals surface area (Å²) < 4.78 is 21.6. The van der Waals surface area contributed by atoms with Crippen LogP contribution in [0.1, 0.15) is 167 Å². The number of hydrogen-bond acceptors (Lipinski definition) is 15. The quantitative estimate of drug-likeness (QED) is 0.0250. The first-order valence-corrected chi connectivity index (χ1v) is 30.1. The molecule has 25 nitrogen and oxygen atoms in total. The van der Waals surface area contributed by atoms with Crippen LogP contribution in [0.3, 0.4) is 0 Å². The molecular weight excluding hydrogens is 1090 g/mol. The van der Waals surface area contributed by atoms with E-state index in [0.29, 0.717) is 50.8 Å². The van der Waals surface area contributed by atoms with Crippen molar-refractivity contribution in [3.05, 3.63) is 29.8 Å². The Morgan fingerprint density at radius 2 is 0.988 bits per heavy atom. The molecule has 0 spiro atoms. The number of nitrogens with two attached hydrogens (primary N) is 2. The van der Waals surface area contributed by atoms with Crippen molar-refractivity contribution in [2.24, 2.45) is 29.2 Å². The number of aliphatic carboxylic acids is 2. The Bertz CT molecular complexity index is 2070. The fourth-order valence-electron chi connectivity index (χ4n) is 9.08. The summed E-state index contributed by atoms with van der Waals surface area (Å²) in [6.45, 7) is 5.22. The maximum Gasteiger partial charge on any atom is 0.326 e. The minimum Gasteiger partial charge on any atom is -0.508 e. The summed E-state index contributed by atoms with van der Waals surface area (Å²) in [7, 11) is 0. The molecule has 1 unspecified atom stereocenters. The molecule has 478 valence electrons. The van der Waals surface area contributed by atoms with Gasteiger partial charge in [0.25, 0.3) is 0 Å². The number of rotatable bonds is 55. The molecule has 0 fully saturated rings. The van der Waals surface area contributed by atoms with Crippen LogP contribution < -0.4 is 43.4 Å². The van der Waals surface area contributed by atoms with Crippen LogP contribution in [-0.2, 0) is 68.5 Å². The lowest BCUT2D eigenvalue weighted by Crippen LogP contribution is -2.49. The lowest BCUT2D eigenvalue weighted by Gasteiger charge is -2.27. The number of benzene rings is 1. The molecule has 0 aromatic heterocycles. The van der Waals surface area contributed by atoms with Crippen LogP contribution in [0.4, 0.5) is 0 Å². The fourth-order valence-corrected chi connectivity index (χ4v) is 9.08. The summed E-state index contributed by atoms with van der Waals surface area (Å²) in [4.78, 5) is 111. The van der Waals surface area contributed by atoms with Crippen LogP contribution in [0.5, 0.6) is 5.75 Å². The van der Waals surface area contributed by atoms with Crippen molar-refractivity contribution in [1.82, 2.24) is 31.9 Å². The number of guanidine groups is 1. The van der Waals surface area contributed by atoms with Gasteiger partial charge in [-0.15, -0.1) is 0 Å². The van der Waals surface area contributed by atoms with Crippen molar-refractivity contribution < 1.29 is 77.4 Å². The van der Waals surface area contributed by atoms with Crippen LogP contribution >= 0.6 is 0 Å². The highest BCUT2D eigenvalue weighted by atomic mass is 16.5. The number of aromatic hydroxyl groups is 1. The molecule has 1 aromatic carbocycles. The highest BCUT2D eigenvalue weighted by Gasteiger charge is 2.34. The number of phenolic OH excluding ortho intramolecular Hbond substituents is 1. The molecule has 1 rings (SSSR count). The number of phenols is 1. The molecule has 14 N–H and O–H groups in total. The largest absolute Gasteiger partial charge is 0.508 e. The van der Waals surface area contributed by atoms with Gasteiger partial charge < -0.3 is 77.6 Å². The van der Waals surface area contributed by atoms with Gasteiger partial charge in [0.2, 0.25) is 35.4 Å². The van der Waals surface area contributed by atoms with Gasteiger partial charge in [-0.1, -0.05) is 109 Å². The second-order valence-corrected chi connectivity index (χ2v) is 21.2. The number of nitrogens with one attached hydrogen (secondary N) is 7. The minimum atomic E-state index is -1.20. The number of Topliss-reactive ketones (excluding diaryl/α,β-unsaturated/α-hetero) is 1. The maximum atomic E-state index is 13.6. The number of carboxylic acids is 2. The van der Waals surface area contributed by atoms with Crippen LogP contribution in [-0.4, -0.2) is 166 Å². The number of ether oxygens (including phenoxy) is 4. The molecule has 6 amide bonds. The third kappa shape index (κ3) is 41.5. The van der Waals surface area contributed by atoms with Crippen molar-refractivity contribution >= 4 is 59.1 Å². The first-order chi connectivity index (χ1) is 40.3. The van der Waals surface area contributed by atoms with Crippen LogP contribution in [0.25, 0.3) is 0 Å². The van der Waals surface area contributed by atoms with Gasteiger partial charge in [-0.25, -0.2) is 4.79 Å². The highest BCUT2D eigenvalue weighted by molar-refractivity contribution is 5.92. The van der Waals surface area contributed by atoms with Gasteiger partial charge in [0.15, 0.2) is 5.96 Å². The predicted molar refractivity (Wildman–Crippen MR) is 315 cm³/mol. The Balaban J connectivity index is 2.10. The predicted octanol–water partition coefficient (Wildman–Crippen LogP) is 3.89. The Labute approximate surface area is 496 Å². The molecule has 0 bridgehead atoms. The molecular formula is C59H101N9O16. The van der Waals surface area contributed by atoms with E-state index in [4.69, 9.17) is 40.9 Å². The summed E-state index contributed by atoms with van der Waals surface area (Å²) in [5.74, 6) is -6.71. The number of unbranched alkanes of at least 4 members (excludes halogenated alkanes) is 14. The number of carbonyl (C=O) groups excluding carboxylic acids is 7. The Kier molecular flexibility index (Phi) is 44.0. The summed E-state index contributed by atoms with van der Waals surface area (Å²) in [6.07, 6.45) is 17.8. The van der Waals surface area contributed by atoms with E-state index < -0.39 is 53.6 Å². The second kappa shape index (κ2) is 48.9. The number of amides is 6. The molecule has 0 saturated heterocycles. The van der Waals surface area contributed by atoms with Gasteiger partial charge in [-0.2, -0.15) is 0 Å². The molecule has 0 aliphatic carbocycles. The molecule has 0 aliphatic rings. The molecule has 84 heavy (non-hydrogen) atoms. The van der Waals surface area contributed by atoms with Crippen molar-refractivity contribution in [1.29, 1.82) is 5.41 Å². The first-order valence-electron chi connectivity index (χ1n) is 30.1. The van der Waals surface area contributed by atoms with Crippen LogP contribution in [0.15, 0.2) is 24.3 Å². The molecule has 1 aromatic rings. The monoisotopic (exact) mass is 1190 g/mol. The van der Waals surface area contributed by atoms with E-state index in [2.05, 4.69) is 31.9 Å². The third-order valence-electron chi connectivity index (χ3n) is 14.0. The zero-order valence-electron chi connectivity index (χ0n) is 50.0. The summed E-state index contributed by atoms with van der Waals surface area (Å²) in [5, 5.41) is 51.3. The molecule has 25 heteroatoms. The lowest BCUT2D eigenvalue weighted by molar-refractivity contribution is -0.142. The van der Waals surface area contributed by atoms with E-state index in [1.165, 1.54) is 44.2 Å². The molecule has 0 saturated carbocycles. The van der Waals surface area contributed by atoms with Crippen molar-refractivity contribution in [2.45, 2.75) is 180 Å². The van der Waals surface area contributed by atoms with Crippen LogP contribution in [0.2, 0.25) is 0 Å². The summed E-state index contributed by atoms with van der Waals surface area (Å²) >= 11 is 0. The van der Waals surface area contributed by atoms with E-state index >= 15 is 0 Å². The van der Waals surface area contributed by atoms with Crippen molar-refractivity contribution in [3.63, 3.8) is 0 Å². The van der Waals surface area contributed by atoms with Gasteiger partial charge in [-0.3, -0.25) is 43.8 Å². The Morgan fingerprint density at radius 1 is 0.500 bits per heavy atom. The van der Waals surface area contributed by atoms with Crippen molar-refractivity contribution in [2.75, 3.05) is 79.0 Å². The standard InChI is InChI=1S/C59H101N9O16/c1-43(55(76)44(2)47(21-19-31-66-59(61)62)57(78)68-49(56(60)77)40-45-24-26-46(69)27-25-45)20-17-18-30-63-52(72)41-83-38-37-82-35-33-65-53(73)42-84-39-36-81-34-32-64-50(70)29-28-48(58(79)80)67-51(71)22-15-13-11-9-7-5-3-4-6-8-10-12-14-16-23-54(74)75/h24-27,43-44,47-49,69H,3-23,28-42H2,1-2H3,(H2,60,77)(H,63,72)(H,64,70)(H,65,73)(H,67,71)(H,68,78)(H,74,75)(H,79,80)(H4,61,62,66)/t43-,44?,47+,48-,49-/m0/s1. The fraction of sp³-hybridized carbons (Fsp3) is 0.729. The van der Waals surface area contributed by atoms with Crippen LogP contribution in [0, 0.1) is 23.2 Å². The number of hydrogen-bond donors (Lipinski definition) is 12. The number of primary amides is 1. The maximum absolute atomic E-state index is 13.6. The summed E-state index contributed by atoms with van der Waals surface area (Å²) in [5.41, 5.74) is 11.7. The van der Waals surface area contributed by atoms with E-state index in [-0.39, 0.29) is 146 Å². The molecule has 5 atom stereocenters. The van der Waals surface area contributed by atoms with Gasteiger partial charge >= 0.3 is 11.9 Å². The molecule has 0 radical (unpaired) electrons. The summed E-state index contributed by atoms with van der Waals surface area (Å²) in [6, 6.07) is 3.96. The SMILES string of the molecule is CC(C(=O)[C@@H](C)CCCCNC(=O)COCCOCCNC(=O)COCCOCCNC(=O)CC[C@H](NC(=O)CCCCCCCCCCCCCCCCC(=O)O)C(=O)O)[C@@H](CCCNC(=N)N)C(=O)N[C@@H](Cc1ccc(O)cc1)C(N)=O. The van der Waals surface area contributed by atoms with E-state index in [9.17, 15) is 53.4 Å². The number of carbonyl (C=O) groups is 9. The molecule has 0 aliphatic heterocycles. The molecule has 0 heterocycles. The van der Waals surface area contributed by atoms with E-state index in [1.807, 2.05) is 0 Å². The van der Waals surface area contributed by atoms with Gasteiger partial charge in [0.1, 0.15) is 36.8 Å². The average Bonchev–Trinajstić information content (AvgIpc) is 3.55.